The summed E-state index contributed by atoms with van der Waals surface area (Å²) < 4.78 is 10.1. The number of carbonyl (C=O) groups excluding carboxylic acids is 3. The Morgan fingerprint density at radius 3 is 2.56 bits per heavy atom. The number of hydrogen-bond donors (Lipinski definition) is 1. The number of ether oxygens (including phenoxy) is 2. The van der Waals surface area contributed by atoms with Crippen LogP contribution in [0.15, 0.2) is 0 Å². The number of carbonyl (C=O) groups is 3. The van der Waals surface area contributed by atoms with Crippen LogP contribution >= 0.6 is 0 Å². The molecule has 192 valence electrons. The van der Waals surface area contributed by atoms with Gasteiger partial charge in [0, 0.05) is 24.2 Å². The van der Waals surface area contributed by atoms with Crippen LogP contribution in [0.2, 0.25) is 0 Å². The molecule has 0 aliphatic heterocycles. The molecule has 0 radical (unpaired) electrons. The Bertz CT molecular complexity index is 809. The first-order valence-electron chi connectivity index (χ1n) is 13.5. The summed E-state index contributed by atoms with van der Waals surface area (Å²) in [5.41, 5.74) is -0.309. The Morgan fingerprint density at radius 1 is 1.15 bits per heavy atom. The fraction of sp³-hybridized carbons (Fsp3) is 0.893. The molecule has 0 amide bonds. The molecule has 6 heteroatoms. The summed E-state index contributed by atoms with van der Waals surface area (Å²) in [6, 6.07) is 0. The first-order valence-corrected chi connectivity index (χ1v) is 13.5. The number of esters is 2. The van der Waals surface area contributed by atoms with Gasteiger partial charge in [0.1, 0.15) is 5.78 Å². The lowest BCUT2D eigenvalue weighted by Crippen LogP contribution is -2.61. The van der Waals surface area contributed by atoms with Crippen molar-refractivity contribution in [2.45, 2.75) is 91.6 Å². The zero-order valence-corrected chi connectivity index (χ0v) is 21.7. The average Bonchev–Trinajstić information content (AvgIpc) is 3.16. The van der Waals surface area contributed by atoms with Gasteiger partial charge in [-0.05, 0) is 86.9 Å². The summed E-state index contributed by atoms with van der Waals surface area (Å²) in [6.07, 6.45) is 6.37. The minimum Gasteiger partial charge on any atom is -0.469 e. The normalized spacial score (nSPS) is 44.4. The van der Waals surface area contributed by atoms with Gasteiger partial charge in [-0.25, -0.2) is 0 Å². The molecular formula is C28H44O6. The molecule has 0 bridgehead atoms. The zero-order chi connectivity index (χ0) is 24.8. The van der Waals surface area contributed by atoms with Crippen LogP contribution in [0.3, 0.4) is 0 Å². The maximum atomic E-state index is 13.7. The highest BCUT2D eigenvalue weighted by Crippen LogP contribution is 2.68. The number of rotatable bonds is 6. The third-order valence-electron chi connectivity index (χ3n) is 11.0. The second-order valence-corrected chi connectivity index (χ2v) is 12.2. The van der Waals surface area contributed by atoms with Gasteiger partial charge in [-0.2, -0.15) is 0 Å². The van der Waals surface area contributed by atoms with E-state index in [1.54, 1.807) is 0 Å². The van der Waals surface area contributed by atoms with Gasteiger partial charge in [0.25, 0.3) is 0 Å². The quantitative estimate of drug-likeness (QED) is 0.565. The molecule has 4 fully saturated rings. The van der Waals surface area contributed by atoms with E-state index in [-0.39, 0.29) is 52.4 Å². The molecule has 34 heavy (non-hydrogen) atoms. The molecule has 1 N–H and O–H groups in total. The average molecular weight is 477 g/mol. The van der Waals surface area contributed by atoms with Gasteiger partial charge >= 0.3 is 11.9 Å². The first-order chi connectivity index (χ1) is 16.1. The molecule has 0 unspecified atom stereocenters. The van der Waals surface area contributed by atoms with Crippen molar-refractivity contribution in [2.24, 2.45) is 52.3 Å². The molecular weight excluding hydrogens is 432 g/mol. The molecule has 0 aromatic rings. The third kappa shape index (κ3) is 4.02. The van der Waals surface area contributed by atoms with E-state index in [2.05, 4.69) is 20.8 Å². The number of aliphatic hydroxyl groups excluding tert-OH is 1. The predicted molar refractivity (Wildman–Crippen MR) is 128 cm³/mol. The Labute approximate surface area is 204 Å². The molecule has 0 spiro atoms. The van der Waals surface area contributed by atoms with Crippen molar-refractivity contribution >= 4 is 17.7 Å². The second kappa shape index (κ2) is 9.55. The molecule has 4 aliphatic rings. The maximum absolute atomic E-state index is 13.7. The van der Waals surface area contributed by atoms with E-state index in [4.69, 9.17) is 9.47 Å². The van der Waals surface area contributed by atoms with Crippen LogP contribution in [-0.2, 0) is 23.9 Å². The molecule has 0 aromatic heterocycles. The first kappa shape index (κ1) is 25.7. The van der Waals surface area contributed by atoms with E-state index < -0.39 is 6.10 Å². The van der Waals surface area contributed by atoms with Crippen molar-refractivity contribution in [2.75, 3.05) is 13.7 Å². The Kier molecular flexibility index (Phi) is 7.21. The predicted octanol–water partition coefficient (Wildman–Crippen LogP) is 4.56. The van der Waals surface area contributed by atoms with Gasteiger partial charge in [-0.15, -0.1) is 0 Å². The van der Waals surface area contributed by atoms with E-state index in [1.165, 1.54) is 7.11 Å². The number of Topliss-reactive ketones (excluding diaryl/α,β-unsaturated/α-hetero) is 1. The number of aliphatic hydroxyl groups is 1. The summed E-state index contributed by atoms with van der Waals surface area (Å²) >= 11 is 0. The second-order valence-electron chi connectivity index (χ2n) is 12.2. The monoisotopic (exact) mass is 476 g/mol. The van der Waals surface area contributed by atoms with Crippen LogP contribution in [-0.4, -0.2) is 42.6 Å². The molecule has 0 saturated heterocycles. The SMILES string of the molecule is CCOC(=O)[C@H]1CC[C@@]2(C)[C@@H](CC(=O)[C@H]3[C@H]2C[C@@H](O)[C@]2(C)[C@@H]3CC[C@H]2[C@H](C)CCC(=O)OC)C1. The Hall–Kier alpha value is -1.43. The Balaban J connectivity index is 1.54. The summed E-state index contributed by atoms with van der Waals surface area (Å²) in [7, 11) is 1.42. The van der Waals surface area contributed by atoms with E-state index in [9.17, 15) is 19.5 Å². The van der Waals surface area contributed by atoms with Gasteiger partial charge in [-0.3, -0.25) is 14.4 Å². The summed E-state index contributed by atoms with van der Waals surface area (Å²) in [6.45, 7) is 8.96. The zero-order valence-electron chi connectivity index (χ0n) is 21.7. The minimum absolute atomic E-state index is 0.00611. The smallest absolute Gasteiger partial charge is 0.308 e. The molecule has 10 atom stereocenters. The van der Waals surface area contributed by atoms with Gasteiger partial charge in [0.05, 0.1) is 25.7 Å². The highest BCUT2D eigenvalue weighted by molar-refractivity contribution is 5.84. The standard InChI is InChI=1S/C28H44O6/c1-6-34-26(32)17-11-12-27(3)18(13-17)14-22(29)25-20-9-8-19(16(2)7-10-24(31)33-5)28(20,4)23(30)15-21(25)27/h16-21,23,25,30H,6-15H2,1-5H3/t16-,17+,18-,19+,20-,21-,23-,25-,27+,28+/m1/s1. The van der Waals surface area contributed by atoms with E-state index in [0.29, 0.717) is 43.5 Å². The molecule has 4 aliphatic carbocycles. The van der Waals surface area contributed by atoms with E-state index in [0.717, 1.165) is 38.5 Å². The summed E-state index contributed by atoms with van der Waals surface area (Å²) in [5.74, 6) is 1.11. The van der Waals surface area contributed by atoms with Crippen molar-refractivity contribution in [1.82, 2.24) is 0 Å². The van der Waals surface area contributed by atoms with Crippen LogP contribution in [0.1, 0.15) is 85.5 Å². The summed E-state index contributed by atoms with van der Waals surface area (Å²) in [4.78, 5) is 37.8. The lowest BCUT2D eigenvalue weighted by molar-refractivity contribution is -0.183. The van der Waals surface area contributed by atoms with Gasteiger partial charge in [0.15, 0.2) is 0 Å². The van der Waals surface area contributed by atoms with Crippen LogP contribution < -0.4 is 0 Å². The highest BCUT2D eigenvalue weighted by atomic mass is 16.5. The number of hydrogen-bond acceptors (Lipinski definition) is 6. The molecule has 0 aromatic carbocycles. The molecule has 0 heterocycles. The topological polar surface area (TPSA) is 89.9 Å². The molecule has 6 nitrogen and oxygen atoms in total. The fourth-order valence-corrected chi connectivity index (χ4v) is 8.99. The van der Waals surface area contributed by atoms with E-state index in [1.807, 2.05) is 6.92 Å². The lowest BCUT2D eigenvalue weighted by Gasteiger charge is -2.61. The third-order valence-corrected chi connectivity index (χ3v) is 11.0. The fourth-order valence-electron chi connectivity index (χ4n) is 8.99. The van der Waals surface area contributed by atoms with Crippen LogP contribution in [0, 0.1) is 52.3 Å². The maximum Gasteiger partial charge on any atom is 0.308 e. The highest BCUT2D eigenvalue weighted by Gasteiger charge is 2.66. The van der Waals surface area contributed by atoms with Crippen molar-refractivity contribution in [3.05, 3.63) is 0 Å². The summed E-state index contributed by atoms with van der Waals surface area (Å²) in [5, 5.41) is 11.6. The van der Waals surface area contributed by atoms with Crippen LogP contribution in [0.5, 0.6) is 0 Å². The lowest BCUT2D eigenvalue weighted by atomic mass is 9.43. The van der Waals surface area contributed by atoms with Gasteiger partial charge in [-0.1, -0.05) is 20.8 Å². The van der Waals surface area contributed by atoms with Gasteiger partial charge in [0.2, 0.25) is 0 Å². The number of ketones is 1. The van der Waals surface area contributed by atoms with E-state index >= 15 is 0 Å². The molecule has 4 rings (SSSR count). The van der Waals surface area contributed by atoms with Crippen LogP contribution in [0.25, 0.3) is 0 Å². The van der Waals surface area contributed by atoms with Crippen molar-refractivity contribution in [3.8, 4) is 0 Å². The van der Waals surface area contributed by atoms with Crippen molar-refractivity contribution in [1.29, 1.82) is 0 Å². The number of methoxy groups -OCH3 is 1. The Morgan fingerprint density at radius 2 is 1.88 bits per heavy atom. The van der Waals surface area contributed by atoms with Crippen LogP contribution in [0.4, 0.5) is 0 Å². The molecule has 4 saturated carbocycles. The number of fused-ring (bicyclic) bond motifs is 5. The minimum atomic E-state index is -0.446. The van der Waals surface area contributed by atoms with Crippen molar-refractivity contribution < 1.29 is 29.0 Å². The van der Waals surface area contributed by atoms with Crippen molar-refractivity contribution in [3.63, 3.8) is 0 Å². The largest absolute Gasteiger partial charge is 0.469 e. The van der Waals surface area contributed by atoms with Gasteiger partial charge < -0.3 is 14.6 Å².